The lowest BCUT2D eigenvalue weighted by molar-refractivity contribution is 0.0946. The maximum absolute atomic E-state index is 12.2. The van der Waals surface area contributed by atoms with Crippen molar-refractivity contribution in [2.45, 2.75) is 6.54 Å². The van der Waals surface area contributed by atoms with Gasteiger partial charge in [0.05, 0.1) is 12.8 Å². The average Bonchev–Trinajstić information content (AvgIpc) is 3.12. The molecule has 25 heavy (non-hydrogen) atoms. The van der Waals surface area contributed by atoms with Crippen LogP contribution in [-0.2, 0) is 6.54 Å². The fourth-order valence-electron chi connectivity index (χ4n) is 2.31. The Balaban J connectivity index is 1.69. The molecule has 0 saturated heterocycles. The number of phenolic OH excluding ortho intramolecular Hbond substituents is 1. The molecule has 3 N–H and O–H groups in total. The largest absolute Gasteiger partial charge is 0.507 e. The van der Waals surface area contributed by atoms with Crippen LogP contribution >= 0.6 is 11.6 Å². The van der Waals surface area contributed by atoms with E-state index in [4.69, 9.17) is 16.3 Å². The first kappa shape index (κ1) is 16.9. The van der Waals surface area contributed by atoms with Crippen molar-refractivity contribution in [2.24, 2.45) is 0 Å². The summed E-state index contributed by atoms with van der Waals surface area (Å²) < 4.78 is 5.10. The second-order valence-electron chi connectivity index (χ2n) is 5.36. The molecule has 0 saturated carbocycles. The Morgan fingerprint density at radius 3 is 2.72 bits per heavy atom. The summed E-state index contributed by atoms with van der Waals surface area (Å²) in [6.07, 6.45) is 0. The molecular weight excluding hydrogens is 342 g/mol. The fraction of sp³-hybridized carbons (Fsp3) is 0.111. The molecule has 0 bridgehead atoms. The third kappa shape index (κ3) is 3.92. The number of methoxy groups -OCH3 is 1. The summed E-state index contributed by atoms with van der Waals surface area (Å²) in [5.41, 5.74) is 2.14. The number of ether oxygens (including phenoxy) is 1. The Kier molecular flexibility index (Phi) is 4.90. The number of carbonyl (C=O) groups excluding carboxylic acids is 1. The minimum Gasteiger partial charge on any atom is -0.507 e. The maximum Gasteiger partial charge on any atom is 0.269 e. The summed E-state index contributed by atoms with van der Waals surface area (Å²) in [6.45, 7) is 0.375. The van der Waals surface area contributed by atoms with Gasteiger partial charge in [0.25, 0.3) is 5.91 Å². The average molecular weight is 358 g/mol. The van der Waals surface area contributed by atoms with Gasteiger partial charge in [-0.1, -0.05) is 23.7 Å². The van der Waals surface area contributed by atoms with Crippen molar-refractivity contribution in [3.05, 3.63) is 64.8 Å². The Bertz CT molecular complexity index is 891. The van der Waals surface area contributed by atoms with Crippen molar-refractivity contribution in [3.63, 3.8) is 0 Å². The van der Waals surface area contributed by atoms with Crippen molar-refractivity contribution in [1.82, 2.24) is 15.5 Å². The molecule has 3 rings (SSSR count). The van der Waals surface area contributed by atoms with Crippen LogP contribution in [0.25, 0.3) is 11.3 Å². The molecule has 1 amide bonds. The number of hydrogen-bond donors (Lipinski definition) is 3. The van der Waals surface area contributed by atoms with Gasteiger partial charge in [0, 0.05) is 17.1 Å². The number of nitrogens with one attached hydrogen (secondary N) is 2. The Hall–Kier alpha value is -2.99. The number of nitrogens with zero attached hydrogens (tertiary/aromatic N) is 1. The summed E-state index contributed by atoms with van der Waals surface area (Å²) in [4.78, 5) is 12.2. The number of carbonyl (C=O) groups is 1. The van der Waals surface area contributed by atoms with Crippen LogP contribution in [0.3, 0.4) is 0 Å². The zero-order valence-corrected chi connectivity index (χ0v) is 14.2. The number of halogens is 1. The Labute approximate surface area is 149 Å². The molecule has 7 heteroatoms. The van der Waals surface area contributed by atoms with E-state index in [0.717, 1.165) is 11.3 Å². The van der Waals surface area contributed by atoms with Gasteiger partial charge in [0.2, 0.25) is 0 Å². The molecule has 1 aromatic heterocycles. The molecule has 0 fully saturated rings. The Morgan fingerprint density at radius 2 is 2.00 bits per heavy atom. The minimum atomic E-state index is -0.295. The fourth-order valence-corrected chi connectivity index (χ4v) is 2.48. The second kappa shape index (κ2) is 7.27. The number of benzene rings is 2. The van der Waals surface area contributed by atoms with Gasteiger partial charge in [-0.25, -0.2) is 0 Å². The van der Waals surface area contributed by atoms with Gasteiger partial charge >= 0.3 is 0 Å². The van der Waals surface area contributed by atoms with E-state index in [1.54, 1.807) is 25.3 Å². The number of hydrogen-bond acceptors (Lipinski definition) is 4. The lowest BCUT2D eigenvalue weighted by atomic mass is 10.1. The topological polar surface area (TPSA) is 87.2 Å². The van der Waals surface area contributed by atoms with E-state index in [-0.39, 0.29) is 11.7 Å². The third-order valence-electron chi connectivity index (χ3n) is 3.67. The number of aromatic hydroxyl groups is 1. The molecule has 128 valence electrons. The van der Waals surface area contributed by atoms with E-state index in [9.17, 15) is 9.90 Å². The number of amides is 1. The van der Waals surface area contributed by atoms with Gasteiger partial charge in [0.1, 0.15) is 17.2 Å². The van der Waals surface area contributed by atoms with Crippen molar-refractivity contribution in [3.8, 4) is 22.8 Å². The molecule has 0 spiro atoms. The summed E-state index contributed by atoms with van der Waals surface area (Å²) in [5, 5.41) is 19.9. The number of aromatic amines is 1. The lowest BCUT2D eigenvalue weighted by Crippen LogP contribution is -2.23. The predicted molar refractivity (Wildman–Crippen MR) is 94.9 cm³/mol. The Morgan fingerprint density at radius 1 is 1.24 bits per heavy atom. The third-order valence-corrected chi connectivity index (χ3v) is 3.90. The summed E-state index contributed by atoms with van der Waals surface area (Å²) in [5.74, 6) is 0.506. The van der Waals surface area contributed by atoms with Gasteiger partial charge in [-0.2, -0.15) is 5.10 Å². The van der Waals surface area contributed by atoms with Gasteiger partial charge < -0.3 is 15.2 Å². The standard InChI is InChI=1S/C18H16ClN3O3/c1-25-13-5-2-11(3-6-13)10-20-18(24)16-9-15(21-22-16)14-8-12(19)4-7-17(14)23/h2-9,23H,10H2,1H3,(H,20,24)(H,21,22). The first-order valence-corrected chi connectivity index (χ1v) is 7.90. The number of rotatable bonds is 5. The highest BCUT2D eigenvalue weighted by Gasteiger charge is 2.13. The monoisotopic (exact) mass is 357 g/mol. The number of phenols is 1. The highest BCUT2D eigenvalue weighted by molar-refractivity contribution is 6.30. The van der Waals surface area contributed by atoms with Gasteiger partial charge in [-0.05, 0) is 42.0 Å². The van der Waals surface area contributed by atoms with Crippen LogP contribution < -0.4 is 10.1 Å². The summed E-state index contributed by atoms with van der Waals surface area (Å²) in [6, 6.07) is 13.6. The molecule has 0 radical (unpaired) electrons. The van der Waals surface area contributed by atoms with E-state index < -0.39 is 0 Å². The van der Waals surface area contributed by atoms with Gasteiger partial charge in [-0.3, -0.25) is 9.89 Å². The molecule has 0 aliphatic carbocycles. The van der Waals surface area contributed by atoms with E-state index >= 15 is 0 Å². The molecular formula is C18H16ClN3O3. The van der Waals surface area contributed by atoms with E-state index in [2.05, 4.69) is 15.5 Å². The molecule has 2 aromatic carbocycles. The highest BCUT2D eigenvalue weighted by Crippen LogP contribution is 2.30. The SMILES string of the molecule is COc1ccc(CNC(=O)c2cc(-c3cc(Cl)ccc3O)n[nH]2)cc1. The van der Waals surface area contributed by atoms with Crippen molar-refractivity contribution in [1.29, 1.82) is 0 Å². The zero-order valence-electron chi connectivity index (χ0n) is 13.4. The molecule has 0 unspecified atom stereocenters. The maximum atomic E-state index is 12.2. The molecule has 6 nitrogen and oxygen atoms in total. The number of aromatic nitrogens is 2. The number of H-pyrrole nitrogens is 1. The van der Waals surface area contributed by atoms with Crippen LogP contribution in [0.5, 0.6) is 11.5 Å². The van der Waals surface area contributed by atoms with Crippen LogP contribution in [0.1, 0.15) is 16.1 Å². The second-order valence-corrected chi connectivity index (χ2v) is 5.80. The summed E-state index contributed by atoms with van der Waals surface area (Å²) >= 11 is 5.94. The first-order valence-electron chi connectivity index (χ1n) is 7.52. The zero-order chi connectivity index (χ0) is 17.8. The van der Waals surface area contributed by atoms with Gasteiger partial charge in [-0.15, -0.1) is 0 Å². The molecule has 0 aliphatic rings. The van der Waals surface area contributed by atoms with E-state index in [0.29, 0.717) is 28.5 Å². The van der Waals surface area contributed by atoms with Gasteiger partial charge in [0.15, 0.2) is 0 Å². The quantitative estimate of drug-likeness (QED) is 0.653. The highest BCUT2D eigenvalue weighted by atomic mass is 35.5. The first-order chi connectivity index (χ1) is 12.1. The molecule has 0 aliphatic heterocycles. The van der Waals surface area contributed by atoms with Crippen LogP contribution in [0.4, 0.5) is 0 Å². The smallest absolute Gasteiger partial charge is 0.269 e. The van der Waals surface area contributed by atoms with E-state index in [1.807, 2.05) is 24.3 Å². The van der Waals surface area contributed by atoms with Crippen LogP contribution in [-0.4, -0.2) is 28.3 Å². The summed E-state index contributed by atoms with van der Waals surface area (Å²) in [7, 11) is 1.60. The van der Waals surface area contributed by atoms with Crippen molar-refractivity contribution >= 4 is 17.5 Å². The predicted octanol–water partition coefficient (Wildman–Crippen LogP) is 3.37. The van der Waals surface area contributed by atoms with Crippen molar-refractivity contribution < 1.29 is 14.6 Å². The normalized spacial score (nSPS) is 10.5. The lowest BCUT2D eigenvalue weighted by Gasteiger charge is -2.05. The molecule has 0 atom stereocenters. The molecule has 3 aromatic rings. The minimum absolute atomic E-state index is 0.0427. The van der Waals surface area contributed by atoms with Crippen LogP contribution in [0.15, 0.2) is 48.5 Å². The van der Waals surface area contributed by atoms with E-state index in [1.165, 1.54) is 6.07 Å². The van der Waals surface area contributed by atoms with Crippen LogP contribution in [0, 0.1) is 0 Å². The van der Waals surface area contributed by atoms with Crippen molar-refractivity contribution in [2.75, 3.05) is 7.11 Å². The molecule has 1 heterocycles. The van der Waals surface area contributed by atoms with Crippen LogP contribution in [0.2, 0.25) is 5.02 Å².